The van der Waals surface area contributed by atoms with Crippen LogP contribution in [0.2, 0.25) is 5.02 Å². The lowest BCUT2D eigenvalue weighted by Gasteiger charge is -2.23. The molecule has 13 nitrogen and oxygen atoms in total. The summed E-state index contributed by atoms with van der Waals surface area (Å²) in [5.74, 6) is -4.13. The fourth-order valence-corrected chi connectivity index (χ4v) is 6.68. The minimum Gasteiger partial charge on any atom is -0.480 e. The molecule has 0 aromatic heterocycles. The van der Waals surface area contributed by atoms with Crippen LogP contribution in [-0.2, 0) is 30.4 Å². The number of hydrogen-bond donors (Lipinski definition) is 7. The molecule has 0 bridgehead atoms. The fraction of sp³-hybridized carbons (Fsp3) is 0.455. The number of carbonyl (C=O) groups is 6. The number of carboxylic acid groups (broad SMARTS) is 2. The zero-order valence-corrected chi connectivity index (χ0v) is 30.4. The molecule has 0 fully saturated rings. The lowest BCUT2D eigenvalue weighted by molar-refractivity contribution is -0.141. The van der Waals surface area contributed by atoms with E-state index in [1.807, 2.05) is 34.6 Å². The van der Waals surface area contributed by atoms with E-state index in [9.17, 15) is 39.0 Å². The van der Waals surface area contributed by atoms with Crippen molar-refractivity contribution in [3.8, 4) is 0 Å². The zero-order chi connectivity index (χ0) is 36.7. The highest BCUT2D eigenvalue weighted by Gasteiger charge is 2.28. The van der Waals surface area contributed by atoms with E-state index in [2.05, 4.69) is 26.6 Å². The standard InChI is InChI=1S/C33H44ClN5O8S2/c1-19(2)14-24(29(42)39-26(31(45)46)18-49-48-17-25(30(43)44)38-28(41)16-33(3,4)5)37-27(40)15-20-6-10-22(11-7-20)35-32(47)36-23-12-8-21(34)9-13-23/h6-13,19,24-26H,14-18H2,1-5H3,(H,37,40)(H,38,41)(H,39,42)(H,43,44)(H,45,46)(H2,35,36,47). The van der Waals surface area contributed by atoms with Gasteiger partial charge in [0.05, 0.1) is 6.42 Å². The van der Waals surface area contributed by atoms with Gasteiger partial charge in [0.1, 0.15) is 18.1 Å². The molecule has 16 heteroatoms. The Balaban J connectivity index is 1.91. The second-order valence-corrected chi connectivity index (χ2v) is 15.9. The first-order valence-electron chi connectivity index (χ1n) is 15.4. The number of urea groups is 1. The Morgan fingerprint density at radius 2 is 1.18 bits per heavy atom. The molecular formula is C33H44ClN5O8S2. The fourth-order valence-electron chi connectivity index (χ4n) is 4.25. The van der Waals surface area contributed by atoms with E-state index in [0.717, 1.165) is 21.6 Å². The van der Waals surface area contributed by atoms with Crippen LogP contribution >= 0.6 is 33.2 Å². The lowest BCUT2D eigenvalue weighted by atomic mass is 9.92. The molecule has 2 aromatic rings. The SMILES string of the molecule is CC(C)CC(NC(=O)Cc1ccc(NC(=O)Nc2ccc(Cl)cc2)cc1)C(=O)NC(CSSCC(NC(=O)CC(C)(C)C)C(=O)O)C(=O)O. The second kappa shape index (κ2) is 19.9. The van der Waals surface area contributed by atoms with Gasteiger partial charge in [-0.15, -0.1) is 0 Å². The van der Waals surface area contributed by atoms with Crippen molar-refractivity contribution in [3.05, 3.63) is 59.1 Å². The summed E-state index contributed by atoms with van der Waals surface area (Å²) in [6.07, 6.45) is 0.336. The topological polar surface area (TPSA) is 203 Å². The number of benzene rings is 2. The Morgan fingerprint density at radius 3 is 1.65 bits per heavy atom. The van der Waals surface area contributed by atoms with Gasteiger partial charge < -0.3 is 36.8 Å². The maximum absolute atomic E-state index is 13.2. The predicted octanol–water partition coefficient (Wildman–Crippen LogP) is 5.01. The summed E-state index contributed by atoms with van der Waals surface area (Å²) in [6.45, 7) is 9.30. The number of carbonyl (C=O) groups excluding carboxylic acids is 4. The highest BCUT2D eigenvalue weighted by molar-refractivity contribution is 8.76. The maximum Gasteiger partial charge on any atom is 0.327 e. The van der Waals surface area contributed by atoms with Crippen molar-refractivity contribution in [2.24, 2.45) is 11.3 Å². The largest absolute Gasteiger partial charge is 0.480 e. The smallest absolute Gasteiger partial charge is 0.327 e. The molecule has 2 aromatic carbocycles. The van der Waals surface area contributed by atoms with Crippen molar-refractivity contribution in [2.45, 2.75) is 72.0 Å². The molecule has 7 N–H and O–H groups in total. The molecule has 268 valence electrons. The van der Waals surface area contributed by atoms with Crippen molar-refractivity contribution in [3.63, 3.8) is 0 Å². The number of hydrogen-bond acceptors (Lipinski definition) is 8. The van der Waals surface area contributed by atoms with Crippen molar-refractivity contribution >= 4 is 80.3 Å². The summed E-state index contributed by atoms with van der Waals surface area (Å²) in [6, 6.07) is 9.27. The monoisotopic (exact) mass is 737 g/mol. The van der Waals surface area contributed by atoms with Crippen molar-refractivity contribution < 1.29 is 39.0 Å². The molecule has 0 aliphatic heterocycles. The number of halogens is 1. The van der Waals surface area contributed by atoms with E-state index in [0.29, 0.717) is 22.0 Å². The summed E-state index contributed by atoms with van der Waals surface area (Å²) in [7, 11) is 2.11. The Kier molecular flexibility index (Phi) is 16.7. The van der Waals surface area contributed by atoms with Gasteiger partial charge in [-0.3, -0.25) is 14.4 Å². The van der Waals surface area contributed by atoms with Crippen LogP contribution in [0.4, 0.5) is 16.2 Å². The molecule has 0 aliphatic rings. The molecule has 0 radical (unpaired) electrons. The first kappa shape index (κ1) is 41.2. The van der Waals surface area contributed by atoms with Crippen LogP contribution < -0.4 is 26.6 Å². The molecule has 0 spiro atoms. The maximum atomic E-state index is 13.2. The van der Waals surface area contributed by atoms with Crippen molar-refractivity contribution in [1.29, 1.82) is 0 Å². The number of anilines is 2. The van der Waals surface area contributed by atoms with E-state index in [4.69, 9.17) is 11.6 Å². The average Bonchev–Trinajstić information content (AvgIpc) is 2.98. The first-order chi connectivity index (χ1) is 22.9. The average molecular weight is 738 g/mol. The summed E-state index contributed by atoms with van der Waals surface area (Å²) in [5, 5.41) is 32.8. The molecule has 0 saturated heterocycles. The summed E-state index contributed by atoms with van der Waals surface area (Å²) >= 11 is 5.86. The van der Waals surface area contributed by atoms with Gasteiger partial charge in [-0.25, -0.2) is 14.4 Å². The van der Waals surface area contributed by atoms with E-state index < -0.39 is 53.8 Å². The van der Waals surface area contributed by atoms with Gasteiger partial charge in [-0.1, -0.05) is 79.9 Å². The van der Waals surface area contributed by atoms with Crippen LogP contribution in [0.15, 0.2) is 48.5 Å². The minimum absolute atomic E-state index is 0.00455. The molecule has 49 heavy (non-hydrogen) atoms. The first-order valence-corrected chi connectivity index (χ1v) is 18.3. The summed E-state index contributed by atoms with van der Waals surface area (Å²) < 4.78 is 0. The van der Waals surface area contributed by atoms with Gasteiger partial charge in [0.2, 0.25) is 17.7 Å². The molecule has 0 aliphatic carbocycles. The third-order valence-electron chi connectivity index (χ3n) is 6.53. The summed E-state index contributed by atoms with van der Waals surface area (Å²) in [5.41, 5.74) is 1.35. The highest BCUT2D eigenvalue weighted by Crippen LogP contribution is 2.24. The zero-order valence-electron chi connectivity index (χ0n) is 28.0. The Morgan fingerprint density at radius 1 is 0.714 bits per heavy atom. The normalized spacial score (nSPS) is 13.0. The highest BCUT2D eigenvalue weighted by atomic mass is 35.5. The second-order valence-electron chi connectivity index (χ2n) is 12.9. The van der Waals surface area contributed by atoms with Crippen molar-refractivity contribution in [2.75, 3.05) is 22.1 Å². The minimum atomic E-state index is -1.31. The van der Waals surface area contributed by atoms with Gasteiger partial charge in [0.15, 0.2) is 0 Å². The number of amides is 5. The molecular weight excluding hydrogens is 694 g/mol. The molecule has 3 unspecified atom stereocenters. The predicted molar refractivity (Wildman–Crippen MR) is 194 cm³/mol. The number of nitrogens with one attached hydrogen (secondary N) is 5. The third kappa shape index (κ3) is 16.8. The number of carboxylic acids is 2. The van der Waals surface area contributed by atoms with Crippen LogP contribution in [0.5, 0.6) is 0 Å². The van der Waals surface area contributed by atoms with E-state index in [-0.39, 0.29) is 42.1 Å². The summed E-state index contributed by atoms with van der Waals surface area (Å²) in [4.78, 5) is 74.1. The van der Waals surface area contributed by atoms with Gasteiger partial charge in [-0.05, 0) is 59.7 Å². The van der Waals surface area contributed by atoms with Crippen LogP contribution in [0.25, 0.3) is 0 Å². The molecule has 3 atom stereocenters. The van der Waals surface area contributed by atoms with E-state index >= 15 is 0 Å². The Bertz CT molecular complexity index is 1450. The van der Waals surface area contributed by atoms with E-state index in [1.165, 1.54) is 0 Å². The van der Waals surface area contributed by atoms with Gasteiger partial charge in [0, 0.05) is 34.3 Å². The van der Waals surface area contributed by atoms with Crippen LogP contribution in [-0.4, -0.2) is 75.5 Å². The molecule has 0 heterocycles. The van der Waals surface area contributed by atoms with Gasteiger partial charge in [0.25, 0.3) is 0 Å². The Hall–Kier alpha value is -3.95. The van der Waals surface area contributed by atoms with Crippen molar-refractivity contribution in [1.82, 2.24) is 16.0 Å². The van der Waals surface area contributed by atoms with Crippen LogP contribution in [0.3, 0.4) is 0 Å². The number of aliphatic carboxylic acids is 2. The van der Waals surface area contributed by atoms with E-state index in [1.54, 1.807) is 48.5 Å². The van der Waals surface area contributed by atoms with Crippen LogP contribution in [0.1, 0.15) is 53.0 Å². The number of rotatable bonds is 18. The molecule has 0 saturated carbocycles. The Labute approximate surface area is 298 Å². The third-order valence-corrected chi connectivity index (χ3v) is 9.20. The van der Waals surface area contributed by atoms with Crippen LogP contribution in [0, 0.1) is 11.3 Å². The quantitative estimate of drug-likeness (QED) is 0.0805. The van der Waals surface area contributed by atoms with Gasteiger partial charge in [-0.2, -0.15) is 0 Å². The molecule has 2 rings (SSSR count). The van der Waals surface area contributed by atoms with Gasteiger partial charge >= 0.3 is 18.0 Å². The lowest BCUT2D eigenvalue weighted by Crippen LogP contribution is -2.53. The molecule has 5 amide bonds.